The van der Waals surface area contributed by atoms with Gasteiger partial charge in [-0.25, -0.2) is 9.97 Å². The number of alkyl halides is 3. The second-order valence-corrected chi connectivity index (χ2v) is 8.58. The van der Waals surface area contributed by atoms with Crippen LogP contribution in [0.15, 0.2) is 54.9 Å². The molecule has 0 atom stereocenters. The normalized spacial score (nSPS) is 13.8. The van der Waals surface area contributed by atoms with Gasteiger partial charge in [-0.1, -0.05) is 12.1 Å². The minimum absolute atomic E-state index is 0.00424. The summed E-state index contributed by atoms with van der Waals surface area (Å²) in [6.45, 7) is 0.172. The molecule has 0 spiro atoms. The van der Waals surface area contributed by atoms with Crippen LogP contribution in [0, 0.1) is 16.7 Å². The third kappa shape index (κ3) is 6.03. The smallest absolute Gasteiger partial charge is 0.420 e. The molecule has 1 saturated carbocycles. The summed E-state index contributed by atoms with van der Waals surface area (Å²) in [5.41, 5.74) is -0.815. The standard InChI is InChI=1S/C26H21F3N4O4/c1-36-19-6-7-22(20(10-19)26(27,28)29)37-18-4-2-16(3-5-18)13-33-24(35)25(8-9-25)11-21(34)17-14-31-23(12-30)32-15-17/h2-7,10,14-15H,8-9,11,13H2,1H3,(H,33,35). The molecule has 1 amide bonds. The average Bonchev–Trinajstić information content (AvgIpc) is 3.68. The number of rotatable bonds is 9. The number of nitrogens with one attached hydrogen (secondary N) is 1. The van der Waals surface area contributed by atoms with Crippen LogP contribution in [0.25, 0.3) is 0 Å². The second kappa shape index (κ2) is 10.3. The fraction of sp³-hybridized carbons (Fsp3) is 0.269. The summed E-state index contributed by atoms with van der Waals surface area (Å²) in [5.74, 6) is -0.691. The van der Waals surface area contributed by atoms with Gasteiger partial charge in [0, 0.05) is 25.4 Å². The molecule has 11 heteroatoms. The van der Waals surface area contributed by atoms with Crippen molar-refractivity contribution < 1.29 is 32.2 Å². The summed E-state index contributed by atoms with van der Waals surface area (Å²) in [6, 6.07) is 11.5. The highest BCUT2D eigenvalue weighted by atomic mass is 19.4. The van der Waals surface area contributed by atoms with Crippen molar-refractivity contribution in [3.8, 4) is 23.3 Å². The topological polar surface area (TPSA) is 114 Å². The molecule has 0 unspecified atom stereocenters. The lowest BCUT2D eigenvalue weighted by Gasteiger charge is -2.16. The molecule has 2 aromatic carbocycles. The molecule has 1 aliphatic carbocycles. The number of nitrogens with zero attached hydrogens (tertiary/aromatic N) is 3. The highest BCUT2D eigenvalue weighted by Crippen LogP contribution is 2.49. The second-order valence-electron chi connectivity index (χ2n) is 8.58. The van der Waals surface area contributed by atoms with Crippen LogP contribution in [0.4, 0.5) is 13.2 Å². The van der Waals surface area contributed by atoms with Gasteiger partial charge in [0.05, 0.1) is 18.1 Å². The quantitative estimate of drug-likeness (QED) is 0.410. The number of nitriles is 1. The summed E-state index contributed by atoms with van der Waals surface area (Å²) >= 11 is 0. The molecule has 1 aliphatic rings. The zero-order valence-corrected chi connectivity index (χ0v) is 19.6. The molecule has 37 heavy (non-hydrogen) atoms. The molecule has 0 radical (unpaired) electrons. The van der Waals surface area contributed by atoms with Gasteiger partial charge in [-0.05, 0) is 48.7 Å². The van der Waals surface area contributed by atoms with Crippen LogP contribution in [-0.4, -0.2) is 28.8 Å². The van der Waals surface area contributed by atoms with Gasteiger partial charge in [-0.2, -0.15) is 18.4 Å². The van der Waals surface area contributed by atoms with Crippen molar-refractivity contribution in [1.29, 1.82) is 5.26 Å². The minimum Gasteiger partial charge on any atom is -0.497 e. The first-order valence-electron chi connectivity index (χ1n) is 11.2. The molecule has 0 bridgehead atoms. The monoisotopic (exact) mass is 510 g/mol. The Kier molecular flexibility index (Phi) is 7.11. The van der Waals surface area contributed by atoms with Crippen molar-refractivity contribution in [2.45, 2.75) is 32.0 Å². The van der Waals surface area contributed by atoms with E-state index in [1.165, 1.54) is 43.8 Å². The predicted molar refractivity (Wildman–Crippen MR) is 124 cm³/mol. The number of hydrogen-bond acceptors (Lipinski definition) is 7. The number of ether oxygens (including phenoxy) is 2. The number of amides is 1. The van der Waals surface area contributed by atoms with Crippen molar-refractivity contribution >= 4 is 11.7 Å². The van der Waals surface area contributed by atoms with Crippen molar-refractivity contribution in [2.24, 2.45) is 5.41 Å². The van der Waals surface area contributed by atoms with E-state index >= 15 is 0 Å². The summed E-state index contributed by atoms with van der Waals surface area (Å²) in [4.78, 5) is 32.9. The number of methoxy groups -OCH3 is 1. The number of halogens is 3. The van der Waals surface area contributed by atoms with E-state index < -0.39 is 17.2 Å². The average molecular weight is 510 g/mol. The Morgan fingerprint density at radius 1 is 1.08 bits per heavy atom. The molecule has 0 aliphatic heterocycles. The molecule has 1 heterocycles. The number of aromatic nitrogens is 2. The first kappa shape index (κ1) is 25.6. The molecule has 1 fully saturated rings. The summed E-state index contributed by atoms with van der Waals surface area (Å²) in [6.07, 6.45) is -0.939. The fourth-order valence-corrected chi connectivity index (χ4v) is 3.69. The lowest BCUT2D eigenvalue weighted by Crippen LogP contribution is -2.33. The third-order valence-corrected chi connectivity index (χ3v) is 6.00. The lowest BCUT2D eigenvalue weighted by atomic mass is 9.95. The van der Waals surface area contributed by atoms with Gasteiger partial charge in [-0.15, -0.1) is 0 Å². The maximum Gasteiger partial charge on any atom is 0.420 e. The van der Waals surface area contributed by atoms with E-state index in [-0.39, 0.29) is 53.3 Å². The van der Waals surface area contributed by atoms with Crippen LogP contribution in [0.5, 0.6) is 17.2 Å². The van der Waals surface area contributed by atoms with Gasteiger partial charge < -0.3 is 14.8 Å². The van der Waals surface area contributed by atoms with E-state index in [1.54, 1.807) is 18.2 Å². The third-order valence-electron chi connectivity index (χ3n) is 6.00. The SMILES string of the molecule is COc1ccc(Oc2ccc(CNC(=O)C3(CC(=O)c4cnc(C#N)nc4)CC3)cc2)c(C(F)(F)F)c1. The Labute approximate surface area is 210 Å². The maximum atomic E-state index is 13.4. The van der Waals surface area contributed by atoms with Crippen molar-refractivity contribution in [3.63, 3.8) is 0 Å². The number of hydrogen-bond donors (Lipinski definition) is 1. The van der Waals surface area contributed by atoms with E-state index in [2.05, 4.69) is 15.3 Å². The van der Waals surface area contributed by atoms with Gasteiger partial charge in [0.25, 0.3) is 0 Å². The summed E-state index contributed by atoms with van der Waals surface area (Å²) < 4.78 is 50.5. The van der Waals surface area contributed by atoms with E-state index in [0.717, 1.165) is 6.07 Å². The van der Waals surface area contributed by atoms with Gasteiger partial charge in [0.15, 0.2) is 5.78 Å². The minimum atomic E-state index is -4.62. The van der Waals surface area contributed by atoms with Crippen molar-refractivity contribution in [1.82, 2.24) is 15.3 Å². The highest BCUT2D eigenvalue weighted by Gasteiger charge is 2.51. The molecule has 1 aromatic heterocycles. The summed E-state index contributed by atoms with van der Waals surface area (Å²) in [7, 11) is 1.28. The van der Waals surface area contributed by atoms with Crippen LogP contribution >= 0.6 is 0 Å². The first-order valence-corrected chi connectivity index (χ1v) is 11.2. The number of benzene rings is 2. The molecule has 8 nitrogen and oxygen atoms in total. The lowest BCUT2D eigenvalue weighted by molar-refractivity contribution is -0.138. The van der Waals surface area contributed by atoms with Gasteiger partial charge in [0.1, 0.15) is 28.9 Å². The van der Waals surface area contributed by atoms with Crippen LogP contribution < -0.4 is 14.8 Å². The summed E-state index contributed by atoms with van der Waals surface area (Å²) in [5, 5.41) is 11.6. The first-order chi connectivity index (χ1) is 17.6. The van der Waals surface area contributed by atoms with Crippen molar-refractivity contribution in [2.75, 3.05) is 7.11 Å². The number of carbonyl (C=O) groups is 2. The Balaban J connectivity index is 1.35. The Bertz CT molecular complexity index is 1350. The molecule has 4 rings (SSSR count). The van der Waals surface area contributed by atoms with Gasteiger partial charge >= 0.3 is 6.18 Å². The van der Waals surface area contributed by atoms with Crippen LogP contribution in [0.2, 0.25) is 0 Å². The molecule has 1 N–H and O–H groups in total. The van der Waals surface area contributed by atoms with Crippen LogP contribution in [0.3, 0.4) is 0 Å². The number of Topliss-reactive ketones (excluding diaryl/α,β-unsaturated/α-hetero) is 1. The Morgan fingerprint density at radius 3 is 2.30 bits per heavy atom. The predicted octanol–water partition coefficient (Wildman–Crippen LogP) is 4.84. The van der Waals surface area contributed by atoms with E-state index in [0.29, 0.717) is 18.4 Å². The zero-order valence-electron chi connectivity index (χ0n) is 19.6. The molecule has 190 valence electrons. The van der Waals surface area contributed by atoms with E-state index in [9.17, 15) is 22.8 Å². The van der Waals surface area contributed by atoms with Gasteiger partial charge in [0.2, 0.25) is 11.7 Å². The highest BCUT2D eigenvalue weighted by molar-refractivity contribution is 6.00. The Morgan fingerprint density at radius 2 is 1.73 bits per heavy atom. The van der Waals surface area contributed by atoms with Crippen molar-refractivity contribution in [3.05, 3.63) is 77.4 Å². The van der Waals surface area contributed by atoms with E-state index in [1.807, 2.05) is 0 Å². The Hall–Kier alpha value is -4.46. The largest absolute Gasteiger partial charge is 0.497 e. The van der Waals surface area contributed by atoms with Crippen LogP contribution in [0.1, 0.15) is 46.6 Å². The molecular formula is C26H21F3N4O4. The molecular weight excluding hydrogens is 489 g/mol. The van der Waals surface area contributed by atoms with Gasteiger partial charge in [-0.3, -0.25) is 9.59 Å². The number of ketones is 1. The fourth-order valence-electron chi connectivity index (χ4n) is 3.69. The molecule has 3 aromatic rings. The van der Waals surface area contributed by atoms with E-state index in [4.69, 9.17) is 14.7 Å². The maximum absolute atomic E-state index is 13.4. The van der Waals surface area contributed by atoms with Crippen LogP contribution in [-0.2, 0) is 17.5 Å². The number of carbonyl (C=O) groups excluding carboxylic acids is 2. The molecule has 0 saturated heterocycles. The zero-order chi connectivity index (χ0) is 26.6.